The molecule has 1 saturated heterocycles. The molecule has 1 fully saturated rings. The lowest BCUT2D eigenvalue weighted by atomic mass is 10.2. The summed E-state index contributed by atoms with van der Waals surface area (Å²) < 4.78 is 5.28. The summed E-state index contributed by atoms with van der Waals surface area (Å²) in [5, 5.41) is 5.07. The van der Waals surface area contributed by atoms with Crippen molar-refractivity contribution in [1.82, 2.24) is 10.4 Å². The van der Waals surface area contributed by atoms with Crippen molar-refractivity contribution in [2.75, 3.05) is 6.61 Å². The van der Waals surface area contributed by atoms with E-state index in [2.05, 4.69) is 15.5 Å². The van der Waals surface area contributed by atoms with Crippen LogP contribution in [0.5, 0.6) is 0 Å². The fraction of sp³-hybridized carbons (Fsp3) is 0.286. The second-order valence-corrected chi connectivity index (χ2v) is 4.53. The van der Waals surface area contributed by atoms with Crippen LogP contribution in [0.3, 0.4) is 0 Å². The van der Waals surface area contributed by atoms with Gasteiger partial charge < -0.3 is 9.72 Å². The number of H-pyrrole nitrogens is 1. The predicted octanol–water partition coefficient (Wildman–Crippen LogP) is 1.80. The predicted molar refractivity (Wildman–Crippen MR) is 73.0 cm³/mol. The Balaban J connectivity index is 1.67. The number of carbonyl (C=O) groups excluding carboxylic acids is 1. The van der Waals surface area contributed by atoms with E-state index < -0.39 is 0 Å². The molecule has 1 amide bonds. The third-order valence-corrected chi connectivity index (χ3v) is 3.22. The standard InChI is InChI=1S/C14H15N3O2/c18-14(13-6-3-7-19-13)17-16-9-10-8-15-12-5-2-1-4-11(10)12/h1-2,4-5,8-9,13,15H,3,6-7H2,(H,17,18)/b16-9+. The summed E-state index contributed by atoms with van der Waals surface area (Å²) in [7, 11) is 0. The Kier molecular flexibility index (Phi) is 3.29. The number of fused-ring (bicyclic) bond motifs is 1. The molecule has 3 rings (SSSR count). The van der Waals surface area contributed by atoms with Gasteiger partial charge in [0.05, 0.1) is 6.21 Å². The maximum atomic E-state index is 11.7. The molecule has 1 aromatic heterocycles. The third-order valence-electron chi connectivity index (χ3n) is 3.22. The lowest BCUT2D eigenvalue weighted by Crippen LogP contribution is -2.30. The number of hydrazone groups is 1. The summed E-state index contributed by atoms with van der Waals surface area (Å²) in [5.74, 6) is -0.173. The molecule has 5 heteroatoms. The average molecular weight is 257 g/mol. The van der Waals surface area contributed by atoms with E-state index in [4.69, 9.17) is 4.74 Å². The minimum atomic E-state index is -0.347. The Labute approximate surface area is 110 Å². The quantitative estimate of drug-likeness (QED) is 0.650. The summed E-state index contributed by atoms with van der Waals surface area (Å²) >= 11 is 0. The fourth-order valence-electron chi connectivity index (χ4n) is 2.22. The van der Waals surface area contributed by atoms with Crippen molar-refractivity contribution in [3.05, 3.63) is 36.0 Å². The van der Waals surface area contributed by atoms with Crippen LogP contribution in [0.2, 0.25) is 0 Å². The number of nitrogens with one attached hydrogen (secondary N) is 2. The van der Waals surface area contributed by atoms with Gasteiger partial charge in [-0.2, -0.15) is 5.10 Å². The maximum Gasteiger partial charge on any atom is 0.269 e. The molecule has 1 aromatic carbocycles. The molecule has 98 valence electrons. The Bertz CT molecular complexity index is 612. The van der Waals surface area contributed by atoms with Gasteiger partial charge in [-0.3, -0.25) is 4.79 Å². The van der Waals surface area contributed by atoms with Crippen LogP contribution in [-0.4, -0.2) is 29.8 Å². The van der Waals surface area contributed by atoms with Gasteiger partial charge in [-0.05, 0) is 18.9 Å². The molecule has 2 N–H and O–H groups in total. The molecule has 2 aromatic rings. The van der Waals surface area contributed by atoms with Crippen LogP contribution in [0.15, 0.2) is 35.6 Å². The highest BCUT2D eigenvalue weighted by Crippen LogP contribution is 2.15. The molecule has 0 saturated carbocycles. The molecule has 1 aliphatic rings. The van der Waals surface area contributed by atoms with Gasteiger partial charge in [-0.1, -0.05) is 18.2 Å². The molecule has 1 aliphatic heterocycles. The van der Waals surface area contributed by atoms with Crippen LogP contribution in [-0.2, 0) is 9.53 Å². The molecule has 1 atom stereocenters. The normalized spacial score (nSPS) is 19.3. The molecule has 19 heavy (non-hydrogen) atoms. The molecular weight excluding hydrogens is 242 g/mol. The van der Waals surface area contributed by atoms with E-state index in [-0.39, 0.29) is 12.0 Å². The number of carbonyl (C=O) groups is 1. The van der Waals surface area contributed by atoms with E-state index in [1.807, 2.05) is 30.5 Å². The topological polar surface area (TPSA) is 66.5 Å². The summed E-state index contributed by atoms with van der Waals surface area (Å²) in [6, 6.07) is 7.95. The van der Waals surface area contributed by atoms with Crippen molar-refractivity contribution in [2.24, 2.45) is 5.10 Å². The largest absolute Gasteiger partial charge is 0.368 e. The van der Waals surface area contributed by atoms with Gasteiger partial charge in [0, 0.05) is 29.3 Å². The van der Waals surface area contributed by atoms with Crippen molar-refractivity contribution in [3.8, 4) is 0 Å². The zero-order valence-electron chi connectivity index (χ0n) is 10.4. The van der Waals surface area contributed by atoms with Gasteiger partial charge in [0.2, 0.25) is 0 Å². The minimum Gasteiger partial charge on any atom is -0.368 e. The molecular formula is C14H15N3O2. The maximum absolute atomic E-state index is 11.7. The first-order valence-electron chi connectivity index (χ1n) is 6.35. The van der Waals surface area contributed by atoms with Crippen LogP contribution in [0.25, 0.3) is 10.9 Å². The number of aromatic nitrogens is 1. The number of hydrogen-bond donors (Lipinski definition) is 2. The lowest BCUT2D eigenvalue weighted by molar-refractivity contribution is -0.130. The summed E-state index contributed by atoms with van der Waals surface area (Å²) in [6.07, 6.45) is 4.87. The van der Waals surface area contributed by atoms with E-state index in [0.717, 1.165) is 29.3 Å². The molecule has 1 unspecified atom stereocenters. The van der Waals surface area contributed by atoms with Crippen molar-refractivity contribution in [2.45, 2.75) is 18.9 Å². The number of para-hydroxylation sites is 1. The fourth-order valence-corrected chi connectivity index (χ4v) is 2.22. The van der Waals surface area contributed by atoms with Gasteiger partial charge in [-0.15, -0.1) is 0 Å². The van der Waals surface area contributed by atoms with Crippen molar-refractivity contribution in [3.63, 3.8) is 0 Å². The number of amides is 1. The number of nitrogens with zero attached hydrogens (tertiary/aromatic N) is 1. The first-order chi connectivity index (χ1) is 9.34. The number of ether oxygens (including phenoxy) is 1. The Morgan fingerprint density at radius 2 is 2.37 bits per heavy atom. The lowest BCUT2D eigenvalue weighted by Gasteiger charge is -2.05. The van der Waals surface area contributed by atoms with Crippen LogP contribution >= 0.6 is 0 Å². The van der Waals surface area contributed by atoms with Crippen LogP contribution < -0.4 is 5.43 Å². The van der Waals surface area contributed by atoms with Crippen molar-refractivity contribution < 1.29 is 9.53 Å². The molecule has 0 spiro atoms. The highest BCUT2D eigenvalue weighted by Gasteiger charge is 2.22. The second-order valence-electron chi connectivity index (χ2n) is 4.53. The first kappa shape index (κ1) is 11.9. The SMILES string of the molecule is O=C(N/N=C/c1c[nH]c2ccccc12)C1CCCO1. The summed E-state index contributed by atoms with van der Waals surface area (Å²) in [4.78, 5) is 14.8. The zero-order valence-corrected chi connectivity index (χ0v) is 10.4. The second kappa shape index (κ2) is 5.24. The Hall–Kier alpha value is -2.14. The molecule has 0 aliphatic carbocycles. The van der Waals surface area contributed by atoms with E-state index in [9.17, 15) is 4.79 Å². The van der Waals surface area contributed by atoms with Crippen molar-refractivity contribution in [1.29, 1.82) is 0 Å². The average Bonchev–Trinajstić information content (AvgIpc) is 3.08. The monoisotopic (exact) mass is 257 g/mol. The molecule has 2 heterocycles. The zero-order chi connectivity index (χ0) is 13.1. The molecule has 5 nitrogen and oxygen atoms in total. The number of aromatic amines is 1. The minimum absolute atomic E-state index is 0.173. The van der Waals surface area contributed by atoms with Crippen LogP contribution in [0.4, 0.5) is 0 Å². The third kappa shape index (κ3) is 2.51. The van der Waals surface area contributed by atoms with Gasteiger partial charge in [0.25, 0.3) is 5.91 Å². The highest BCUT2D eigenvalue weighted by molar-refractivity contribution is 5.99. The van der Waals surface area contributed by atoms with Gasteiger partial charge in [0.15, 0.2) is 0 Å². The highest BCUT2D eigenvalue weighted by atomic mass is 16.5. The first-order valence-corrected chi connectivity index (χ1v) is 6.35. The van der Waals surface area contributed by atoms with Gasteiger partial charge >= 0.3 is 0 Å². The van der Waals surface area contributed by atoms with Crippen molar-refractivity contribution >= 4 is 23.0 Å². The smallest absolute Gasteiger partial charge is 0.269 e. The molecule has 0 bridgehead atoms. The number of hydrogen-bond acceptors (Lipinski definition) is 3. The van der Waals surface area contributed by atoms with E-state index in [1.54, 1.807) is 6.21 Å². The Morgan fingerprint density at radius 3 is 3.21 bits per heavy atom. The molecule has 0 radical (unpaired) electrons. The Morgan fingerprint density at radius 1 is 1.47 bits per heavy atom. The summed E-state index contributed by atoms with van der Waals surface area (Å²) in [5.41, 5.74) is 4.52. The van der Waals surface area contributed by atoms with Crippen LogP contribution in [0, 0.1) is 0 Å². The van der Waals surface area contributed by atoms with E-state index in [1.165, 1.54) is 0 Å². The van der Waals surface area contributed by atoms with Crippen LogP contribution in [0.1, 0.15) is 18.4 Å². The number of benzene rings is 1. The van der Waals surface area contributed by atoms with E-state index in [0.29, 0.717) is 6.61 Å². The summed E-state index contributed by atoms with van der Waals surface area (Å²) in [6.45, 7) is 0.657. The number of rotatable bonds is 3. The van der Waals surface area contributed by atoms with Gasteiger partial charge in [0.1, 0.15) is 6.10 Å². The van der Waals surface area contributed by atoms with Gasteiger partial charge in [-0.25, -0.2) is 5.43 Å². The van der Waals surface area contributed by atoms with E-state index >= 15 is 0 Å².